The Hall–Kier alpha value is -0.0800. The Kier molecular flexibility index (Phi) is 4.66. The van der Waals surface area contributed by atoms with E-state index >= 15 is 0 Å². The lowest BCUT2D eigenvalue weighted by Crippen LogP contribution is -2.37. The lowest BCUT2D eigenvalue weighted by molar-refractivity contribution is 0.397. The van der Waals surface area contributed by atoms with Gasteiger partial charge in [-0.25, -0.2) is 0 Å². The summed E-state index contributed by atoms with van der Waals surface area (Å²) in [4.78, 5) is 0. The molecule has 2 nitrogen and oxygen atoms in total. The molecule has 3 N–H and O–H groups in total. The molecular weight excluding hydrogens is 196 g/mol. The molecule has 94 valence electrons. The zero-order valence-corrected chi connectivity index (χ0v) is 10.8. The van der Waals surface area contributed by atoms with Gasteiger partial charge in [-0.2, -0.15) is 0 Å². The maximum atomic E-state index is 5.73. The topological polar surface area (TPSA) is 38.0 Å². The number of hydrazine groups is 1. The normalized spacial score (nSPS) is 34.5. The maximum Gasteiger partial charge on any atom is 0.0244 e. The molecule has 2 fully saturated rings. The molecule has 3 unspecified atom stereocenters. The van der Waals surface area contributed by atoms with Gasteiger partial charge in [0.1, 0.15) is 0 Å². The predicted molar refractivity (Wildman–Crippen MR) is 68.8 cm³/mol. The Bertz CT molecular complexity index is 193. The van der Waals surface area contributed by atoms with Gasteiger partial charge in [-0.15, -0.1) is 0 Å². The molecule has 0 radical (unpaired) electrons. The summed E-state index contributed by atoms with van der Waals surface area (Å²) in [5.41, 5.74) is 3.10. The van der Waals surface area contributed by atoms with Crippen LogP contribution < -0.4 is 11.3 Å². The molecule has 0 aromatic rings. The SMILES string of the molecule is CCCCCCC(NN)C1C2CCCCC21. The Morgan fingerprint density at radius 3 is 2.38 bits per heavy atom. The summed E-state index contributed by atoms with van der Waals surface area (Å²) in [6.07, 6.45) is 12.6. The molecule has 0 bridgehead atoms. The van der Waals surface area contributed by atoms with Crippen molar-refractivity contribution in [3.63, 3.8) is 0 Å². The van der Waals surface area contributed by atoms with Crippen LogP contribution in [0.25, 0.3) is 0 Å². The summed E-state index contributed by atoms with van der Waals surface area (Å²) >= 11 is 0. The molecule has 2 heteroatoms. The van der Waals surface area contributed by atoms with Gasteiger partial charge in [-0.05, 0) is 37.0 Å². The highest BCUT2D eigenvalue weighted by Gasteiger charge is 2.53. The third-order valence-electron chi connectivity index (χ3n) is 4.77. The van der Waals surface area contributed by atoms with Crippen LogP contribution in [0.1, 0.15) is 64.7 Å². The number of fused-ring (bicyclic) bond motifs is 1. The van der Waals surface area contributed by atoms with Crippen LogP contribution in [-0.4, -0.2) is 6.04 Å². The Labute approximate surface area is 100 Å². The minimum Gasteiger partial charge on any atom is -0.271 e. The lowest BCUT2D eigenvalue weighted by Gasteiger charge is -2.15. The van der Waals surface area contributed by atoms with Crippen LogP contribution in [0.3, 0.4) is 0 Å². The number of unbranched alkanes of at least 4 members (excludes halogenated alkanes) is 3. The van der Waals surface area contributed by atoms with E-state index in [-0.39, 0.29) is 0 Å². The fourth-order valence-corrected chi connectivity index (χ4v) is 3.82. The summed E-state index contributed by atoms with van der Waals surface area (Å²) in [5.74, 6) is 8.72. The zero-order chi connectivity index (χ0) is 11.4. The van der Waals surface area contributed by atoms with Crippen molar-refractivity contribution in [3.8, 4) is 0 Å². The highest BCUT2D eigenvalue weighted by atomic mass is 15.2. The molecule has 0 heterocycles. The van der Waals surface area contributed by atoms with E-state index in [0.717, 1.165) is 17.8 Å². The van der Waals surface area contributed by atoms with E-state index in [0.29, 0.717) is 6.04 Å². The van der Waals surface area contributed by atoms with E-state index in [1.807, 2.05) is 0 Å². The fraction of sp³-hybridized carbons (Fsp3) is 1.00. The van der Waals surface area contributed by atoms with Gasteiger partial charge < -0.3 is 0 Å². The van der Waals surface area contributed by atoms with Gasteiger partial charge in [0.15, 0.2) is 0 Å². The summed E-state index contributed by atoms with van der Waals surface area (Å²) in [6, 6.07) is 0.616. The standard InChI is InChI=1S/C14H28N2/c1-2-3-4-5-10-13(16-15)14-11-8-6-7-9-12(11)14/h11-14,16H,2-10,15H2,1H3. The van der Waals surface area contributed by atoms with E-state index in [9.17, 15) is 0 Å². The van der Waals surface area contributed by atoms with E-state index in [4.69, 9.17) is 5.84 Å². The van der Waals surface area contributed by atoms with Crippen molar-refractivity contribution in [2.75, 3.05) is 0 Å². The quantitative estimate of drug-likeness (QED) is 0.396. The molecule has 16 heavy (non-hydrogen) atoms. The van der Waals surface area contributed by atoms with Crippen LogP contribution in [0.4, 0.5) is 0 Å². The van der Waals surface area contributed by atoms with Gasteiger partial charge in [0.2, 0.25) is 0 Å². The van der Waals surface area contributed by atoms with Crippen molar-refractivity contribution in [2.45, 2.75) is 70.8 Å². The molecule has 0 spiro atoms. The Morgan fingerprint density at radius 1 is 1.12 bits per heavy atom. The molecule has 0 saturated heterocycles. The molecule has 2 saturated carbocycles. The minimum atomic E-state index is 0.616. The van der Waals surface area contributed by atoms with Crippen molar-refractivity contribution in [3.05, 3.63) is 0 Å². The van der Waals surface area contributed by atoms with Crippen molar-refractivity contribution >= 4 is 0 Å². The molecular formula is C14H28N2. The molecule has 2 rings (SSSR count). The largest absolute Gasteiger partial charge is 0.271 e. The summed E-state index contributed by atoms with van der Waals surface area (Å²) < 4.78 is 0. The molecule has 0 aliphatic heterocycles. The third kappa shape index (κ3) is 2.78. The third-order valence-corrected chi connectivity index (χ3v) is 4.77. The van der Waals surface area contributed by atoms with Gasteiger partial charge >= 0.3 is 0 Å². The van der Waals surface area contributed by atoms with E-state index in [1.54, 1.807) is 0 Å². The van der Waals surface area contributed by atoms with Crippen molar-refractivity contribution < 1.29 is 0 Å². The van der Waals surface area contributed by atoms with Crippen LogP contribution in [0.5, 0.6) is 0 Å². The molecule has 2 aliphatic carbocycles. The smallest absolute Gasteiger partial charge is 0.0244 e. The average Bonchev–Trinajstić information content (AvgIpc) is 3.04. The second kappa shape index (κ2) is 6.02. The minimum absolute atomic E-state index is 0.616. The van der Waals surface area contributed by atoms with Crippen LogP contribution in [0.2, 0.25) is 0 Å². The van der Waals surface area contributed by atoms with Gasteiger partial charge in [0.25, 0.3) is 0 Å². The lowest BCUT2D eigenvalue weighted by atomic mass is 10.0. The van der Waals surface area contributed by atoms with Crippen LogP contribution in [0, 0.1) is 17.8 Å². The fourth-order valence-electron chi connectivity index (χ4n) is 3.82. The highest BCUT2D eigenvalue weighted by Crippen LogP contribution is 2.57. The van der Waals surface area contributed by atoms with Crippen LogP contribution >= 0.6 is 0 Å². The first kappa shape index (κ1) is 12.4. The Morgan fingerprint density at radius 2 is 1.81 bits per heavy atom. The van der Waals surface area contributed by atoms with E-state index < -0.39 is 0 Å². The monoisotopic (exact) mass is 224 g/mol. The van der Waals surface area contributed by atoms with E-state index in [2.05, 4.69) is 12.3 Å². The zero-order valence-electron chi connectivity index (χ0n) is 10.8. The van der Waals surface area contributed by atoms with Gasteiger partial charge in [0.05, 0.1) is 0 Å². The predicted octanol–water partition coefficient (Wildman–Crippen LogP) is 3.22. The average molecular weight is 224 g/mol. The second-order valence-electron chi connectivity index (χ2n) is 5.81. The first-order chi connectivity index (χ1) is 7.88. The summed E-state index contributed by atoms with van der Waals surface area (Å²) in [7, 11) is 0. The first-order valence-corrected chi connectivity index (χ1v) is 7.34. The molecule has 0 amide bonds. The van der Waals surface area contributed by atoms with E-state index in [1.165, 1.54) is 57.8 Å². The van der Waals surface area contributed by atoms with Crippen LogP contribution in [0.15, 0.2) is 0 Å². The number of hydrogen-bond acceptors (Lipinski definition) is 2. The Balaban J connectivity index is 1.69. The number of hydrogen-bond donors (Lipinski definition) is 2. The number of nitrogens with one attached hydrogen (secondary N) is 1. The van der Waals surface area contributed by atoms with Crippen molar-refractivity contribution in [1.82, 2.24) is 5.43 Å². The van der Waals surface area contributed by atoms with Gasteiger partial charge in [-0.1, -0.05) is 45.4 Å². The highest BCUT2D eigenvalue weighted by molar-refractivity contribution is 5.03. The van der Waals surface area contributed by atoms with Crippen molar-refractivity contribution in [2.24, 2.45) is 23.6 Å². The molecule has 0 aromatic carbocycles. The van der Waals surface area contributed by atoms with Crippen LogP contribution in [-0.2, 0) is 0 Å². The van der Waals surface area contributed by atoms with Gasteiger partial charge in [-0.3, -0.25) is 11.3 Å². The number of rotatable bonds is 7. The van der Waals surface area contributed by atoms with Crippen molar-refractivity contribution in [1.29, 1.82) is 0 Å². The molecule has 0 aromatic heterocycles. The molecule has 2 aliphatic rings. The maximum absolute atomic E-state index is 5.73. The summed E-state index contributed by atoms with van der Waals surface area (Å²) in [5, 5.41) is 0. The molecule has 3 atom stereocenters. The summed E-state index contributed by atoms with van der Waals surface area (Å²) in [6.45, 7) is 2.27. The second-order valence-corrected chi connectivity index (χ2v) is 5.81. The first-order valence-electron chi connectivity index (χ1n) is 7.34. The number of nitrogens with two attached hydrogens (primary N) is 1. The van der Waals surface area contributed by atoms with Gasteiger partial charge in [0, 0.05) is 6.04 Å².